The highest BCUT2D eigenvalue weighted by molar-refractivity contribution is 6.07. The molecule has 0 fully saturated rings. The number of pyridine rings is 1. The molecule has 0 radical (unpaired) electrons. The molecule has 0 saturated carbocycles. The van der Waals surface area contributed by atoms with Crippen LogP contribution < -0.4 is 10.1 Å². The second-order valence-corrected chi connectivity index (χ2v) is 7.80. The summed E-state index contributed by atoms with van der Waals surface area (Å²) in [6.45, 7) is 1.90. The smallest absolute Gasteiger partial charge is 0.343 e. The number of fused-ring (bicyclic) bond motifs is 1. The van der Waals surface area contributed by atoms with Crippen LogP contribution in [0.3, 0.4) is 0 Å². The SMILES string of the molecule is CCOC(=O)c1cnn(-c2ccc3ccccc3n2)c1NC(=O)c1cccc(Oc2ccccc2)c1. The Hall–Kier alpha value is -4.98. The van der Waals surface area contributed by atoms with Crippen LogP contribution in [0.2, 0.25) is 0 Å². The molecule has 178 valence electrons. The van der Waals surface area contributed by atoms with Crippen LogP contribution in [0.15, 0.2) is 97.2 Å². The van der Waals surface area contributed by atoms with Gasteiger partial charge in [-0.15, -0.1) is 0 Å². The molecule has 36 heavy (non-hydrogen) atoms. The lowest BCUT2D eigenvalue weighted by atomic mass is 10.2. The number of rotatable bonds is 7. The first kappa shape index (κ1) is 22.8. The van der Waals surface area contributed by atoms with Crippen molar-refractivity contribution >= 4 is 28.6 Å². The van der Waals surface area contributed by atoms with Crippen molar-refractivity contribution in [3.8, 4) is 17.3 Å². The predicted octanol–water partition coefficient (Wildman–Crippen LogP) is 5.64. The molecule has 1 amide bonds. The highest BCUT2D eigenvalue weighted by atomic mass is 16.5. The van der Waals surface area contributed by atoms with E-state index in [0.717, 1.165) is 10.9 Å². The number of aromatic nitrogens is 3. The van der Waals surface area contributed by atoms with E-state index < -0.39 is 11.9 Å². The van der Waals surface area contributed by atoms with Crippen LogP contribution in [-0.2, 0) is 4.74 Å². The van der Waals surface area contributed by atoms with E-state index in [0.29, 0.717) is 22.9 Å². The minimum Gasteiger partial charge on any atom is -0.462 e. The number of hydrogen-bond acceptors (Lipinski definition) is 6. The van der Waals surface area contributed by atoms with E-state index in [-0.39, 0.29) is 18.0 Å². The van der Waals surface area contributed by atoms with Gasteiger partial charge in [-0.25, -0.2) is 9.78 Å². The summed E-state index contributed by atoms with van der Waals surface area (Å²) in [7, 11) is 0. The van der Waals surface area contributed by atoms with Crippen molar-refractivity contribution in [2.45, 2.75) is 6.92 Å². The molecule has 0 saturated heterocycles. The summed E-state index contributed by atoms with van der Waals surface area (Å²) in [6.07, 6.45) is 1.36. The van der Waals surface area contributed by atoms with Gasteiger partial charge < -0.3 is 14.8 Å². The zero-order valence-corrected chi connectivity index (χ0v) is 19.4. The molecule has 0 spiro atoms. The Kier molecular flexibility index (Phi) is 6.40. The summed E-state index contributed by atoms with van der Waals surface area (Å²) in [5.74, 6) is 0.725. The number of hydrogen-bond donors (Lipinski definition) is 1. The molecule has 2 heterocycles. The Balaban J connectivity index is 1.48. The third-order valence-corrected chi connectivity index (χ3v) is 5.37. The van der Waals surface area contributed by atoms with Crippen LogP contribution in [0.5, 0.6) is 11.5 Å². The van der Waals surface area contributed by atoms with Crippen molar-refractivity contribution in [3.05, 3.63) is 108 Å². The minimum absolute atomic E-state index is 0.122. The van der Waals surface area contributed by atoms with E-state index in [2.05, 4.69) is 15.4 Å². The molecule has 8 heteroatoms. The number of carbonyl (C=O) groups excluding carboxylic acids is 2. The molecule has 5 rings (SSSR count). The summed E-state index contributed by atoms with van der Waals surface area (Å²) >= 11 is 0. The van der Waals surface area contributed by atoms with Crippen molar-refractivity contribution in [3.63, 3.8) is 0 Å². The fraction of sp³-hybridized carbons (Fsp3) is 0.0714. The number of nitrogens with one attached hydrogen (secondary N) is 1. The first-order chi connectivity index (χ1) is 17.6. The van der Waals surface area contributed by atoms with Gasteiger partial charge in [0, 0.05) is 10.9 Å². The predicted molar refractivity (Wildman–Crippen MR) is 136 cm³/mol. The molecule has 0 aliphatic heterocycles. The first-order valence-corrected chi connectivity index (χ1v) is 11.4. The highest BCUT2D eigenvalue weighted by Gasteiger charge is 2.23. The monoisotopic (exact) mass is 478 g/mol. The van der Waals surface area contributed by atoms with E-state index in [1.807, 2.05) is 60.7 Å². The average Bonchev–Trinajstić information content (AvgIpc) is 3.33. The molecule has 2 aromatic heterocycles. The number of nitrogens with zero attached hydrogens (tertiary/aromatic N) is 3. The maximum absolute atomic E-state index is 13.3. The second kappa shape index (κ2) is 10.1. The summed E-state index contributed by atoms with van der Waals surface area (Å²) in [5, 5.41) is 8.11. The maximum atomic E-state index is 13.3. The van der Waals surface area contributed by atoms with Gasteiger partial charge in [0.15, 0.2) is 11.6 Å². The third kappa shape index (κ3) is 4.78. The van der Waals surface area contributed by atoms with Gasteiger partial charge in [-0.05, 0) is 55.5 Å². The van der Waals surface area contributed by atoms with Crippen molar-refractivity contribution < 1.29 is 19.1 Å². The second-order valence-electron chi connectivity index (χ2n) is 7.80. The standard InChI is InChI=1S/C28H22N4O4/c1-2-35-28(34)23-18-29-32(25-16-15-19-9-6-7-14-24(19)30-25)26(23)31-27(33)20-10-8-13-22(17-20)36-21-11-4-3-5-12-21/h3-18H,2H2,1H3,(H,31,33). The number of amides is 1. The normalized spacial score (nSPS) is 10.7. The molecule has 0 atom stereocenters. The molecule has 5 aromatic rings. The van der Waals surface area contributed by atoms with Crippen LogP contribution in [0, 0.1) is 0 Å². The number of para-hydroxylation sites is 2. The average molecular weight is 479 g/mol. The van der Waals surface area contributed by atoms with Gasteiger partial charge in [0.1, 0.15) is 17.1 Å². The fourth-order valence-electron chi connectivity index (χ4n) is 3.68. The lowest BCUT2D eigenvalue weighted by Gasteiger charge is -2.12. The van der Waals surface area contributed by atoms with Crippen molar-refractivity contribution in [1.82, 2.24) is 14.8 Å². The van der Waals surface area contributed by atoms with Crippen LogP contribution in [0.25, 0.3) is 16.7 Å². The first-order valence-electron chi connectivity index (χ1n) is 11.4. The number of anilines is 1. The summed E-state index contributed by atoms with van der Waals surface area (Å²) in [6, 6.07) is 27.4. The number of ether oxygens (including phenoxy) is 2. The van der Waals surface area contributed by atoms with E-state index in [1.165, 1.54) is 10.9 Å². The fourth-order valence-corrected chi connectivity index (χ4v) is 3.68. The van der Waals surface area contributed by atoms with Crippen molar-refractivity contribution in [2.75, 3.05) is 11.9 Å². The summed E-state index contributed by atoms with van der Waals surface area (Å²) in [4.78, 5) is 30.5. The maximum Gasteiger partial charge on any atom is 0.343 e. The number of esters is 1. The van der Waals surface area contributed by atoms with Gasteiger partial charge in [-0.2, -0.15) is 9.78 Å². The van der Waals surface area contributed by atoms with Crippen LogP contribution >= 0.6 is 0 Å². The zero-order valence-electron chi connectivity index (χ0n) is 19.4. The summed E-state index contributed by atoms with van der Waals surface area (Å²) < 4.78 is 12.4. The number of carbonyl (C=O) groups is 2. The zero-order chi connectivity index (χ0) is 24.9. The minimum atomic E-state index is -0.596. The van der Waals surface area contributed by atoms with Gasteiger partial charge in [0.05, 0.1) is 18.3 Å². The Bertz CT molecular complexity index is 1550. The van der Waals surface area contributed by atoms with E-state index in [1.54, 1.807) is 37.3 Å². The van der Waals surface area contributed by atoms with Crippen molar-refractivity contribution in [2.24, 2.45) is 0 Å². The Morgan fingerprint density at radius 3 is 2.50 bits per heavy atom. The Labute approximate surface area is 207 Å². The van der Waals surface area contributed by atoms with Gasteiger partial charge in [0.25, 0.3) is 5.91 Å². The molecule has 0 aliphatic rings. The van der Waals surface area contributed by atoms with E-state index in [9.17, 15) is 9.59 Å². The van der Waals surface area contributed by atoms with Gasteiger partial charge >= 0.3 is 5.97 Å². The lowest BCUT2D eigenvalue weighted by molar-refractivity contribution is 0.0527. The molecular weight excluding hydrogens is 456 g/mol. The van der Waals surface area contributed by atoms with Gasteiger partial charge in [0.2, 0.25) is 0 Å². The number of benzene rings is 3. The summed E-state index contributed by atoms with van der Waals surface area (Å²) in [5.41, 5.74) is 1.22. The quantitative estimate of drug-likeness (QED) is 0.304. The van der Waals surface area contributed by atoms with Crippen molar-refractivity contribution in [1.29, 1.82) is 0 Å². The Morgan fingerprint density at radius 2 is 1.67 bits per heavy atom. The lowest BCUT2D eigenvalue weighted by Crippen LogP contribution is -2.18. The molecule has 0 bridgehead atoms. The van der Waals surface area contributed by atoms with Gasteiger partial charge in [-0.1, -0.05) is 42.5 Å². The molecule has 0 unspecified atom stereocenters. The third-order valence-electron chi connectivity index (χ3n) is 5.37. The highest BCUT2D eigenvalue weighted by Crippen LogP contribution is 2.25. The van der Waals surface area contributed by atoms with Crippen LogP contribution in [0.1, 0.15) is 27.6 Å². The molecular formula is C28H22N4O4. The molecule has 0 aliphatic carbocycles. The topological polar surface area (TPSA) is 95.3 Å². The van der Waals surface area contributed by atoms with E-state index in [4.69, 9.17) is 9.47 Å². The van der Waals surface area contributed by atoms with Crippen LogP contribution in [-0.4, -0.2) is 33.2 Å². The largest absolute Gasteiger partial charge is 0.462 e. The molecule has 3 aromatic carbocycles. The van der Waals surface area contributed by atoms with Crippen LogP contribution in [0.4, 0.5) is 5.82 Å². The molecule has 8 nitrogen and oxygen atoms in total. The Morgan fingerprint density at radius 1 is 0.889 bits per heavy atom. The molecule has 1 N–H and O–H groups in total. The van der Waals surface area contributed by atoms with Gasteiger partial charge in [-0.3, -0.25) is 4.79 Å². The van der Waals surface area contributed by atoms with E-state index >= 15 is 0 Å².